The third-order valence-electron chi connectivity index (χ3n) is 3.33. The van der Waals surface area contributed by atoms with Crippen molar-refractivity contribution in [2.24, 2.45) is 0 Å². The lowest BCUT2D eigenvalue weighted by atomic mass is 10.0. The van der Waals surface area contributed by atoms with Gasteiger partial charge in [0.15, 0.2) is 0 Å². The smallest absolute Gasteiger partial charge is 0.132 e. The summed E-state index contributed by atoms with van der Waals surface area (Å²) in [7, 11) is 0. The van der Waals surface area contributed by atoms with Gasteiger partial charge in [0.25, 0.3) is 0 Å². The fourth-order valence-corrected chi connectivity index (χ4v) is 2.32. The first-order valence-electron chi connectivity index (χ1n) is 6.43. The molecule has 19 heavy (non-hydrogen) atoms. The monoisotopic (exact) mass is 259 g/mol. The maximum atomic E-state index is 13.9. The molecule has 2 aromatic rings. The van der Waals surface area contributed by atoms with Crippen LogP contribution in [0.2, 0.25) is 0 Å². The van der Waals surface area contributed by atoms with Crippen molar-refractivity contribution < 1.29 is 9.50 Å². The van der Waals surface area contributed by atoms with E-state index in [1.54, 1.807) is 6.07 Å². The van der Waals surface area contributed by atoms with Gasteiger partial charge in [-0.3, -0.25) is 0 Å². The summed E-state index contributed by atoms with van der Waals surface area (Å²) in [6, 6.07) is 14.2. The number of anilines is 1. The Morgan fingerprint density at radius 1 is 1.16 bits per heavy atom. The van der Waals surface area contributed by atoms with E-state index in [1.807, 2.05) is 44.2 Å². The number of hydrogen-bond donors (Lipinski definition) is 1. The summed E-state index contributed by atoms with van der Waals surface area (Å²) in [6.07, 6.45) is 0. The number of rotatable bonds is 4. The highest BCUT2D eigenvalue weighted by Crippen LogP contribution is 2.29. The van der Waals surface area contributed by atoms with Gasteiger partial charge in [0, 0.05) is 23.9 Å². The van der Waals surface area contributed by atoms with E-state index < -0.39 is 0 Å². The van der Waals surface area contributed by atoms with Crippen LogP contribution in [0.3, 0.4) is 0 Å². The molecule has 0 fully saturated rings. The van der Waals surface area contributed by atoms with Crippen LogP contribution < -0.4 is 4.90 Å². The minimum atomic E-state index is -0.373. The molecule has 1 N–H and O–H groups in total. The van der Waals surface area contributed by atoms with Crippen molar-refractivity contribution in [1.29, 1.82) is 0 Å². The minimum Gasteiger partial charge on any atom is -0.508 e. The van der Waals surface area contributed by atoms with E-state index in [0.717, 1.165) is 18.3 Å². The van der Waals surface area contributed by atoms with Gasteiger partial charge in [0.1, 0.15) is 11.6 Å². The van der Waals surface area contributed by atoms with Crippen molar-refractivity contribution in [1.82, 2.24) is 0 Å². The van der Waals surface area contributed by atoms with Gasteiger partial charge in [-0.25, -0.2) is 4.39 Å². The molecule has 1 atom stereocenters. The Hall–Kier alpha value is -2.03. The first-order chi connectivity index (χ1) is 9.13. The molecule has 2 aromatic carbocycles. The molecule has 0 radical (unpaired) electrons. The van der Waals surface area contributed by atoms with E-state index in [9.17, 15) is 9.50 Å². The van der Waals surface area contributed by atoms with E-state index in [0.29, 0.717) is 5.56 Å². The highest BCUT2D eigenvalue weighted by atomic mass is 19.1. The molecular formula is C16H18FNO. The second-order valence-electron chi connectivity index (χ2n) is 4.50. The van der Waals surface area contributed by atoms with Gasteiger partial charge < -0.3 is 10.0 Å². The summed E-state index contributed by atoms with van der Waals surface area (Å²) in [5.41, 5.74) is 1.65. The molecule has 0 aliphatic heterocycles. The average Bonchev–Trinajstić information content (AvgIpc) is 2.40. The quantitative estimate of drug-likeness (QED) is 0.892. The molecule has 0 spiro atoms. The van der Waals surface area contributed by atoms with Crippen LogP contribution in [-0.2, 0) is 0 Å². The molecule has 0 aromatic heterocycles. The van der Waals surface area contributed by atoms with Crippen LogP contribution in [0.4, 0.5) is 10.1 Å². The predicted octanol–water partition coefficient (Wildman–Crippen LogP) is 4.12. The van der Waals surface area contributed by atoms with E-state index in [2.05, 4.69) is 4.90 Å². The Balaban J connectivity index is 2.33. The van der Waals surface area contributed by atoms with Crippen LogP contribution in [0.25, 0.3) is 0 Å². The van der Waals surface area contributed by atoms with Crippen LogP contribution in [0.1, 0.15) is 25.5 Å². The zero-order valence-corrected chi connectivity index (χ0v) is 11.2. The van der Waals surface area contributed by atoms with Gasteiger partial charge in [0.05, 0.1) is 6.04 Å². The van der Waals surface area contributed by atoms with Gasteiger partial charge in [-0.15, -0.1) is 0 Å². The predicted molar refractivity (Wildman–Crippen MR) is 75.9 cm³/mol. The van der Waals surface area contributed by atoms with Crippen molar-refractivity contribution in [3.8, 4) is 5.75 Å². The molecule has 0 saturated carbocycles. The number of halogens is 1. The summed E-state index contributed by atoms with van der Waals surface area (Å²) in [5.74, 6) is -0.418. The first-order valence-corrected chi connectivity index (χ1v) is 6.43. The van der Waals surface area contributed by atoms with E-state index in [4.69, 9.17) is 0 Å². The summed E-state index contributed by atoms with van der Waals surface area (Å²) < 4.78 is 13.9. The highest BCUT2D eigenvalue weighted by molar-refractivity contribution is 5.48. The Labute approximate surface area is 113 Å². The number of benzene rings is 2. The van der Waals surface area contributed by atoms with Crippen LogP contribution in [0.15, 0.2) is 48.5 Å². The summed E-state index contributed by atoms with van der Waals surface area (Å²) in [6.45, 7) is 4.79. The van der Waals surface area contributed by atoms with Crippen molar-refractivity contribution in [2.45, 2.75) is 19.9 Å². The van der Waals surface area contributed by atoms with Crippen LogP contribution >= 0.6 is 0 Å². The molecule has 0 aliphatic carbocycles. The molecule has 0 amide bonds. The normalized spacial score (nSPS) is 12.2. The summed E-state index contributed by atoms with van der Waals surface area (Å²) in [5, 5.41) is 9.28. The molecule has 0 aliphatic rings. The van der Waals surface area contributed by atoms with Gasteiger partial charge in [-0.1, -0.05) is 24.3 Å². The molecule has 0 bridgehead atoms. The van der Waals surface area contributed by atoms with Crippen molar-refractivity contribution in [3.05, 3.63) is 59.9 Å². The van der Waals surface area contributed by atoms with Crippen molar-refractivity contribution >= 4 is 5.69 Å². The second kappa shape index (κ2) is 5.74. The largest absolute Gasteiger partial charge is 0.508 e. The maximum Gasteiger partial charge on any atom is 0.132 e. The van der Waals surface area contributed by atoms with Crippen LogP contribution in [-0.4, -0.2) is 11.7 Å². The maximum absolute atomic E-state index is 13.9. The van der Waals surface area contributed by atoms with E-state index >= 15 is 0 Å². The van der Waals surface area contributed by atoms with Crippen LogP contribution in [0.5, 0.6) is 5.75 Å². The van der Waals surface area contributed by atoms with Crippen molar-refractivity contribution in [3.63, 3.8) is 0 Å². The molecule has 0 saturated heterocycles. The molecule has 0 heterocycles. The lowest BCUT2D eigenvalue weighted by Crippen LogP contribution is -2.27. The Kier molecular flexibility index (Phi) is 4.05. The second-order valence-corrected chi connectivity index (χ2v) is 4.50. The zero-order valence-electron chi connectivity index (χ0n) is 11.2. The molecule has 100 valence electrons. The minimum absolute atomic E-state index is 0.0452. The number of aromatic hydroxyl groups is 1. The number of hydrogen-bond acceptors (Lipinski definition) is 2. The standard InChI is InChI=1S/C16H18FNO/c1-3-18(13-7-5-4-6-8-13)12(2)15-10-9-14(19)11-16(15)17/h4-12,19H,3H2,1-2H3. The third-order valence-corrected chi connectivity index (χ3v) is 3.33. The molecule has 2 rings (SSSR count). The molecule has 2 nitrogen and oxygen atoms in total. The van der Waals surface area contributed by atoms with Crippen molar-refractivity contribution in [2.75, 3.05) is 11.4 Å². The number of nitrogens with zero attached hydrogens (tertiary/aromatic N) is 1. The molecular weight excluding hydrogens is 241 g/mol. The highest BCUT2D eigenvalue weighted by Gasteiger charge is 2.18. The lowest BCUT2D eigenvalue weighted by molar-refractivity contribution is 0.466. The van der Waals surface area contributed by atoms with Gasteiger partial charge in [-0.05, 0) is 32.0 Å². The Morgan fingerprint density at radius 3 is 2.42 bits per heavy atom. The van der Waals surface area contributed by atoms with Gasteiger partial charge in [0.2, 0.25) is 0 Å². The Bertz CT molecular complexity index is 542. The zero-order chi connectivity index (χ0) is 13.8. The number of phenolic OH excluding ortho intramolecular Hbond substituents is 1. The topological polar surface area (TPSA) is 23.5 Å². The van der Waals surface area contributed by atoms with E-state index in [1.165, 1.54) is 6.07 Å². The summed E-state index contributed by atoms with van der Waals surface area (Å²) >= 11 is 0. The fraction of sp³-hybridized carbons (Fsp3) is 0.250. The van der Waals surface area contributed by atoms with Gasteiger partial charge in [-0.2, -0.15) is 0 Å². The Morgan fingerprint density at radius 2 is 1.84 bits per heavy atom. The summed E-state index contributed by atoms with van der Waals surface area (Å²) in [4.78, 5) is 2.12. The fourth-order valence-electron chi connectivity index (χ4n) is 2.32. The lowest BCUT2D eigenvalue weighted by Gasteiger charge is -2.30. The third kappa shape index (κ3) is 2.87. The average molecular weight is 259 g/mol. The number of para-hydroxylation sites is 1. The van der Waals surface area contributed by atoms with Crippen LogP contribution in [0, 0.1) is 5.82 Å². The SMILES string of the molecule is CCN(c1ccccc1)C(C)c1ccc(O)cc1F. The van der Waals surface area contributed by atoms with E-state index in [-0.39, 0.29) is 17.6 Å². The molecule has 3 heteroatoms. The number of phenols is 1. The van der Waals surface area contributed by atoms with Gasteiger partial charge >= 0.3 is 0 Å². The molecule has 1 unspecified atom stereocenters. The first kappa shape index (κ1) is 13.4.